The molecule has 0 aliphatic heterocycles. The average molecular weight is 245 g/mol. The second-order valence-electron chi connectivity index (χ2n) is 4.87. The lowest BCUT2D eigenvalue weighted by molar-refractivity contribution is 0.268. The van der Waals surface area contributed by atoms with E-state index in [9.17, 15) is 0 Å². The van der Waals surface area contributed by atoms with Crippen molar-refractivity contribution in [3.63, 3.8) is 0 Å². The Morgan fingerprint density at radius 1 is 1.18 bits per heavy atom. The Morgan fingerprint density at radius 2 is 1.88 bits per heavy atom. The Kier molecular flexibility index (Phi) is 12.2. The van der Waals surface area contributed by atoms with Crippen molar-refractivity contribution in [1.29, 1.82) is 0 Å². The van der Waals surface area contributed by atoms with Crippen molar-refractivity contribution in [2.75, 3.05) is 40.3 Å². The molecule has 1 aliphatic carbocycles. The quantitative estimate of drug-likeness (QED) is 0.516. The van der Waals surface area contributed by atoms with E-state index in [1.54, 1.807) is 0 Å². The van der Waals surface area contributed by atoms with Crippen LogP contribution in [0.5, 0.6) is 0 Å². The number of aliphatic hydroxyl groups is 1. The van der Waals surface area contributed by atoms with Gasteiger partial charge in [0, 0.05) is 6.61 Å². The predicted octanol–water partition coefficient (Wildman–Crippen LogP) is 0.559. The fourth-order valence-corrected chi connectivity index (χ4v) is 2.35. The third-order valence-corrected chi connectivity index (χ3v) is 3.30. The van der Waals surface area contributed by atoms with E-state index in [-0.39, 0.29) is 0 Å². The molecule has 1 aliphatic rings. The first-order chi connectivity index (χ1) is 8.28. The van der Waals surface area contributed by atoms with E-state index in [1.165, 1.54) is 32.2 Å². The molecule has 0 spiro atoms. The van der Waals surface area contributed by atoms with Crippen LogP contribution in [0.25, 0.3) is 0 Å². The molecule has 0 aromatic carbocycles. The van der Waals surface area contributed by atoms with Crippen LogP contribution in [0.2, 0.25) is 0 Å². The molecule has 0 saturated heterocycles. The van der Waals surface area contributed by atoms with E-state index >= 15 is 0 Å². The van der Waals surface area contributed by atoms with Crippen molar-refractivity contribution in [1.82, 2.24) is 10.6 Å². The molecule has 0 aromatic heterocycles. The summed E-state index contributed by atoms with van der Waals surface area (Å²) in [7, 11) is 3.90. The van der Waals surface area contributed by atoms with Crippen LogP contribution in [0, 0.1) is 11.8 Å². The predicted molar refractivity (Wildman–Crippen MR) is 74.1 cm³/mol. The molecule has 0 heterocycles. The van der Waals surface area contributed by atoms with Gasteiger partial charge < -0.3 is 21.5 Å². The molecule has 5 N–H and O–H groups in total. The van der Waals surface area contributed by atoms with Gasteiger partial charge in [-0.1, -0.05) is 6.42 Å². The summed E-state index contributed by atoms with van der Waals surface area (Å²) in [4.78, 5) is 0. The van der Waals surface area contributed by atoms with Gasteiger partial charge in [-0.25, -0.2) is 0 Å². The Morgan fingerprint density at radius 3 is 2.35 bits per heavy atom. The number of nitrogens with two attached hydrogens (primary N) is 1. The van der Waals surface area contributed by atoms with E-state index in [1.807, 2.05) is 14.1 Å². The molecule has 4 heteroatoms. The largest absolute Gasteiger partial charge is 0.396 e. The molecule has 0 amide bonds. The van der Waals surface area contributed by atoms with Crippen molar-refractivity contribution < 1.29 is 5.11 Å². The first-order valence-electron chi connectivity index (χ1n) is 6.88. The maximum Gasteiger partial charge on any atom is 0.0443 e. The second-order valence-corrected chi connectivity index (χ2v) is 4.87. The Balaban J connectivity index is 0.000000366. The van der Waals surface area contributed by atoms with Gasteiger partial charge in [0.05, 0.1) is 0 Å². The SMILES string of the molecule is CNCC1CCCC(CN)C1.CNCCCO. The lowest BCUT2D eigenvalue weighted by Crippen LogP contribution is -2.28. The van der Waals surface area contributed by atoms with Crippen molar-refractivity contribution in [2.45, 2.75) is 32.1 Å². The number of nitrogens with one attached hydrogen (secondary N) is 2. The minimum atomic E-state index is 0.292. The van der Waals surface area contributed by atoms with Crippen molar-refractivity contribution in [3.8, 4) is 0 Å². The standard InChI is InChI=1S/C9H20N2.C4H11NO/c1-11-7-9-4-2-3-8(5-9)6-10;1-5-3-2-4-6/h8-9,11H,2-7,10H2,1H3;5-6H,2-4H2,1H3. The van der Waals surface area contributed by atoms with Gasteiger partial charge in [0.25, 0.3) is 0 Å². The molecule has 1 saturated carbocycles. The summed E-state index contributed by atoms with van der Waals surface area (Å²) >= 11 is 0. The van der Waals surface area contributed by atoms with E-state index < -0.39 is 0 Å². The van der Waals surface area contributed by atoms with Gasteiger partial charge in [-0.2, -0.15) is 0 Å². The van der Waals surface area contributed by atoms with Crippen LogP contribution in [0.15, 0.2) is 0 Å². The second kappa shape index (κ2) is 12.3. The lowest BCUT2D eigenvalue weighted by atomic mass is 9.81. The smallest absolute Gasteiger partial charge is 0.0443 e. The van der Waals surface area contributed by atoms with Crippen molar-refractivity contribution in [2.24, 2.45) is 17.6 Å². The molecular formula is C13H31N3O. The molecular weight excluding hydrogens is 214 g/mol. The van der Waals surface area contributed by atoms with Crippen LogP contribution in [0.1, 0.15) is 32.1 Å². The summed E-state index contributed by atoms with van der Waals surface area (Å²) in [6.45, 7) is 3.27. The first kappa shape index (κ1) is 16.8. The Bertz CT molecular complexity index is 150. The number of rotatable bonds is 6. The van der Waals surface area contributed by atoms with Crippen LogP contribution in [0.3, 0.4) is 0 Å². The highest BCUT2D eigenvalue weighted by Gasteiger charge is 2.19. The molecule has 0 radical (unpaired) electrons. The number of hydrogen-bond donors (Lipinski definition) is 4. The zero-order valence-electron chi connectivity index (χ0n) is 11.5. The van der Waals surface area contributed by atoms with Gasteiger partial charge in [-0.15, -0.1) is 0 Å². The maximum atomic E-state index is 8.16. The fourth-order valence-electron chi connectivity index (χ4n) is 2.35. The zero-order valence-corrected chi connectivity index (χ0v) is 11.5. The topological polar surface area (TPSA) is 70.3 Å². The summed E-state index contributed by atoms with van der Waals surface area (Å²) in [5, 5.41) is 14.3. The van der Waals surface area contributed by atoms with E-state index in [0.29, 0.717) is 6.61 Å². The molecule has 2 unspecified atom stereocenters. The van der Waals surface area contributed by atoms with Gasteiger partial charge >= 0.3 is 0 Å². The van der Waals surface area contributed by atoms with Crippen LogP contribution in [-0.2, 0) is 0 Å². The Hall–Kier alpha value is -0.160. The molecule has 1 fully saturated rings. The minimum absolute atomic E-state index is 0.292. The molecule has 0 aromatic rings. The molecule has 1 rings (SSSR count). The highest BCUT2D eigenvalue weighted by Crippen LogP contribution is 2.27. The van der Waals surface area contributed by atoms with E-state index in [4.69, 9.17) is 10.8 Å². The third-order valence-electron chi connectivity index (χ3n) is 3.30. The van der Waals surface area contributed by atoms with Crippen LogP contribution in [-0.4, -0.2) is 45.4 Å². The Labute approximate surface area is 106 Å². The monoisotopic (exact) mass is 245 g/mol. The number of hydrogen-bond acceptors (Lipinski definition) is 4. The summed E-state index contributed by atoms with van der Waals surface area (Å²) in [5.41, 5.74) is 5.64. The number of aliphatic hydroxyl groups excluding tert-OH is 1. The average Bonchev–Trinajstić information content (AvgIpc) is 2.38. The van der Waals surface area contributed by atoms with Gasteiger partial charge in [-0.05, 0) is 71.2 Å². The normalized spacial score (nSPS) is 24.0. The highest BCUT2D eigenvalue weighted by molar-refractivity contribution is 4.74. The lowest BCUT2D eigenvalue weighted by Gasteiger charge is -2.27. The molecule has 0 bridgehead atoms. The van der Waals surface area contributed by atoms with Crippen LogP contribution in [0.4, 0.5) is 0 Å². The summed E-state index contributed by atoms with van der Waals surface area (Å²) in [6.07, 6.45) is 6.34. The summed E-state index contributed by atoms with van der Waals surface area (Å²) < 4.78 is 0. The molecule has 2 atom stereocenters. The van der Waals surface area contributed by atoms with Gasteiger partial charge in [-0.3, -0.25) is 0 Å². The first-order valence-corrected chi connectivity index (χ1v) is 6.88. The molecule has 104 valence electrons. The maximum absolute atomic E-state index is 8.16. The van der Waals surface area contributed by atoms with Gasteiger partial charge in [0.2, 0.25) is 0 Å². The van der Waals surface area contributed by atoms with Crippen molar-refractivity contribution >= 4 is 0 Å². The van der Waals surface area contributed by atoms with E-state index in [0.717, 1.165) is 31.3 Å². The highest BCUT2D eigenvalue weighted by atomic mass is 16.3. The fraction of sp³-hybridized carbons (Fsp3) is 1.00. The van der Waals surface area contributed by atoms with Crippen LogP contribution < -0.4 is 16.4 Å². The third kappa shape index (κ3) is 9.53. The van der Waals surface area contributed by atoms with Crippen molar-refractivity contribution in [3.05, 3.63) is 0 Å². The molecule has 4 nitrogen and oxygen atoms in total. The zero-order chi connectivity index (χ0) is 12.9. The summed E-state index contributed by atoms with van der Waals surface area (Å²) in [6, 6.07) is 0. The van der Waals surface area contributed by atoms with Gasteiger partial charge in [0.1, 0.15) is 0 Å². The molecule has 17 heavy (non-hydrogen) atoms. The van der Waals surface area contributed by atoms with E-state index in [2.05, 4.69) is 10.6 Å². The van der Waals surface area contributed by atoms with Crippen LogP contribution >= 0.6 is 0 Å². The summed E-state index contributed by atoms with van der Waals surface area (Å²) in [5.74, 6) is 1.70. The minimum Gasteiger partial charge on any atom is -0.396 e. The van der Waals surface area contributed by atoms with Gasteiger partial charge in [0.15, 0.2) is 0 Å².